The van der Waals surface area contributed by atoms with Gasteiger partial charge in [-0.05, 0) is 12.8 Å². The van der Waals surface area contributed by atoms with E-state index in [2.05, 4.69) is 6.92 Å². The third kappa shape index (κ3) is 6.53. The van der Waals surface area contributed by atoms with E-state index in [0.717, 1.165) is 12.8 Å². The van der Waals surface area contributed by atoms with Gasteiger partial charge in [0.1, 0.15) is 0 Å². The lowest BCUT2D eigenvalue weighted by molar-refractivity contribution is 0.142. The van der Waals surface area contributed by atoms with Crippen LogP contribution in [0.2, 0.25) is 0 Å². The number of hydrogen-bond acceptors (Lipinski definition) is 2. The molecule has 104 valence electrons. The predicted octanol–water partition coefficient (Wildman–Crippen LogP) is 3.91. The van der Waals surface area contributed by atoms with Gasteiger partial charge in [-0.3, -0.25) is 0 Å². The van der Waals surface area contributed by atoms with Crippen molar-refractivity contribution in [3.05, 3.63) is 0 Å². The molecule has 0 aromatic carbocycles. The Morgan fingerprint density at radius 1 is 0.941 bits per heavy atom. The average molecular weight is 264 g/mol. The number of halogens is 1. The van der Waals surface area contributed by atoms with Crippen molar-refractivity contribution in [3.63, 3.8) is 0 Å². The van der Waals surface area contributed by atoms with Gasteiger partial charge in [-0.1, -0.05) is 52.4 Å². The van der Waals surface area contributed by atoms with E-state index in [9.17, 15) is 4.39 Å². The Hall–Kier alpha value is 0.0669. The van der Waals surface area contributed by atoms with Gasteiger partial charge >= 0.3 is 9.28 Å². The van der Waals surface area contributed by atoms with Gasteiger partial charge in [-0.2, -0.15) is 0 Å². The molecular formula is C13H29FO2Si. The Kier molecular flexibility index (Phi) is 10.1. The Bertz CT molecular complexity index is 177. The van der Waals surface area contributed by atoms with Crippen LogP contribution in [0.15, 0.2) is 0 Å². The molecule has 2 nitrogen and oxygen atoms in total. The monoisotopic (exact) mass is 264 g/mol. The number of hydrogen-bond donors (Lipinski definition) is 0. The number of rotatable bonds is 11. The lowest BCUT2D eigenvalue weighted by atomic mass is 10.1. The number of alkyl halides is 1. The first kappa shape index (κ1) is 17.1. The molecule has 0 saturated carbocycles. The van der Waals surface area contributed by atoms with E-state index < -0.39 is 14.6 Å². The highest BCUT2D eigenvalue weighted by Gasteiger charge is 2.40. The van der Waals surface area contributed by atoms with Gasteiger partial charge < -0.3 is 8.85 Å². The maximum absolute atomic E-state index is 14.6. The second kappa shape index (κ2) is 10.0. The topological polar surface area (TPSA) is 18.5 Å². The normalized spacial score (nSPS) is 15.2. The third-order valence-electron chi connectivity index (χ3n) is 3.38. The van der Waals surface area contributed by atoms with Crippen LogP contribution in [0, 0.1) is 0 Å². The van der Waals surface area contributed by atoms with Gasteiger partial charge in [-0.15, -0.1) is 0 Å². The van der Waals surface area contributed by atoms with Crippen molar-refractivity contribution in [2.24, 2.45) is 0 Å². The molecule has 0 aliphatic heterocycles. The van der Waals surface area contributed by atoms with E-state index in [1.807, 2.05) is 6.92 Å². The van der Waals surface area contributed by atoms with Crippen LogP contribution in [0.3, 0.4) is 0 Å². The fourth-order valence-corrected chi connectivity index (χ4v) is 3.99. The zero-order chi connectivity index (χ0) is 13.1. The molecule has 0 bridgehead atoms. The summed E-state index contributed by atoms with van der Waals surface area (Å²) in [6, 6.07) is 0. The van der Waals surface area contributed by atoms with Crippen molar-refractivity contribution in [3.8, 4) is 0 Å². The highest BCUT2D eigenvalue weighted by molar-refractivity contribution is 6.48. The molecular weight excluding hydrogens is 235 g/mol. The fraction of sp³-hybridized carbons (Fsp3) is 1.00. The fourth-order valence-electron chi connectivity index (χ4n) is 2.18. The molecule has 4 heteroatoms. The lowest BCUT2D eigenvalue weighted by Crippen LogP contribution is -2.45. The number of unbranched alkanes of at least 4 members (excludes halogenated alkanes) is 5. The highest BCUT2D eigenvalue weighted by Crippen LogP contribution is 2.27. The molecule has 0 amide bonds. The van der Waals surface area contributed by atoms with Crippen molar-refractivity contribution >= 4 is 9.28 Å². The lowest BCUT2D eigenvalue weighted by Gasteiger charge is -2.28. The van der Waals surface area contributed by atoms with Crippen molar-refractivity contribution < 1.29 is 13.2 Å². The first-order valence-corrected chi connectivity index (χ1v) is 8.41. The SMILES string of the molecule is CCCCCCCCC(F)(CC)[SiH](OC)OC. The molecule has 1 unspecified atom stereocenters. The Labute approximate surface area is 108 Å². The molecule has 0 radical (unpaired) electrons. The zero-order valence-corrected chi connectivity index (χ0v) is 13.1. The van der Waals surface area contributed by atoms with Gasteiger partial charge in [0.25, 0.3) is 0 Å². The van der Waals surface area contributed by atoms with Crippen LogP contribution < -0.4 is 0 Å². The minimum absolute atomic E-state index is 0.501. The van der Waals surface area contributed by atoms with Crippen LogP contribution >= 0.6 is 0 Å². The predicted molar refractivity (Wildman–Crippen MR) is 73.3 cm³/mol. The summed E-state index contributed by atoms with van der Waals surface area (Å²) in [7, 11) is 0.969. The summed E-state index contributed by atoms with van der Waals surface area (Å²) >= 11 is 0. The van der Waals surface area contributed by atoms with Gasteiger partial charge in [-0.25, -0.2) is 4.39 Å². The summed E-state index contributed by atoms with van der Waals surface area (Å²) in [6.07, 6.45) is 8.21. The Balaban J connectivity index is 3.87. The Morgan fingerprint density at radius 3 is 1.94 bits per heavy atom. The molecule has 0 heterocycles. The average Bonchev–Trinajstić information content (AvgIpc) is 2.35. The van der Waals surface area contributed by atoms with Crippen LogP contribution in [0.1, 0.15) is 65.2 Å². The molecule has 0 aliphatic carbocycles. The minimum Gasteiger partial charge on any atom is -0.398 e. The van der Waals surface area contributed by atoms with Gasteiger partial charge in [0.2, 0.25) is 0 Å². The zero-order valence-electron chi connectivity index (χ0n) is 11.9. The van der Waals surface area contributed by atoms with Crippen LogP contribution in [0.4, 0.5) is 4.39 Å². The summed E-state index contributed by atoms with van der Waals surface area (Å²) in [5.74, 6) is 0. The van der Waals surface area contributed by atoms with Gasteiger partial charge in [0.15, 0.2) is 5.29 Å². The minimum atomic E-state index is -2.15. The van der Waals surface area contributed by atoms with E-state index in [1.165, 1.54) is 25.7 Å². The van der Waals surface area contributed by atoms with Crippen molar-refractivity contribution in [1.82, 2.24) is 0 Å². The molecule has 0 aliphatic rings. The first-order valence-electron chi connectivity index (χ1n) is 6.89. The van der Waals surface area contributed by atoms with Crippen LogP contribution in [-0.2, 0) is 8.85 Å². The second-order valence-electron chi connectivity index (χ2n) is 4.71. The van der Waals surface area contributed by atoms with Crippen molar-refractivity contribution in [1.29, 1.82) is 0 Å². The molecule has 1 atom stereocenters. The highest BCUT2D eigenvalue weighted by atomic mass is 28.3. The van der Waals surface area contributed by atoms with Crippen molar-refractivity contribution in [2.45, 2.75) is 70.5 Å². The maximum Gasteiger partial charge on any atom is 0.359 e. The largest absolute Gasteiger partial charge is 0.398 e. The molecule has 0 aromatic rings. The molecule has 0 saturated heterocycles. The van der Waals surface area contributed by atoms with Gasteiger partial charge in [0, 0.05) is 14.2 Å². The molecule has 0 fully saturated rings. The van der Waals surface area contributed by atoms with E-state index in [4.69, 9.17) is 8.85 Å². The first-order chi connectivity index (χ1) is 8.14. The summed E-state index contributed by atoms with van der Waals surface area (Å²) in [5, 5.41) is -1.20. The van der Waals surface area contributed by atoms with Crippen molar-refractivity contribution in [2.75, 3.05) is 14.2 Å². The maximum atomic E-state index is 14.6. The molecule has 0 rings (SSSR count). The van der Waals surface area contributed by atoms with Crippen LogP contribution in [0.25, 0.3) is 0 Å². The molecule has 0 aromatic heterocycles. The Morgan fingerprint density at radius 2 is 1.47 bits per heavy atom. The molecule has 0 N–H and O–H groups in total. The van der Waals surface area contributed by atoms with Gasteiger partial charge in [0.05, 0.1) is 0 Å². The van der Waals surface area contributed by atoms with Crippen LogP contribution in [0.5, 0.6) is 0 Å². The van der Waals surface area contributed by atoms with E-state index in [1.54, 1.807) is 14.2 Å². The molecule has 0 spiro atoms. The second-order valence-corrected chi connectivity index (χ2v) is 7.35. The summed E-state index contributed by atoms with van der Waals surface area (Å²) in [6.45, 7) is 4.09. The standard InChI is InChI=1S/C13H29FO2Si/c1-5-7-8-9-10-11-12-13(14,6-2)17(15-3)16-4/h17H,5-12H2,1-4H3. The van der Waals surface area contributed by atoms with E-state index in [0.29, 0.717) is 12.8 Å². The van der Waals surface area contributed by atoms with E-state index >= 15 is 0 Å². The summed E-state index contributed by atoms with van der Waals surface area (Å²) in [5.41, 5.74) is 0. The summed E-state index contributed by atoms with van der Waals surface area (Å²) < 4.78 is 25.0. The quantitative estimate of drug-likeness (QED) is 0.416. The molecule has 17 heavy (non-hydrogen) atoms. The third-order valence-corrected chi connectivity index (χ3v) is 5.78. The van der Waals surface area contributed by atoms with Crippen LogP contribution in [-0.4, -0.2) is 28.8 Å². The smallest absolute Gasteiger partial charge is 0.359 e. The summed E-state index contributed by atoms with van der Waals surface area (Å²) in [4.78, 5) is 0. The van der Waals surface area contributed by atoms with E-state index in [-0.39, 0.29) is 0 Å².